The van der Waals surface area contributed by atoms with Gasteiger partial charge in [-0.25, -0.2) is 4.79 Å². The Labute approximate surface area is 225 Å². The van der Waals surface area contributed by atoms with Crippen LogP contribution in [0.15, 0.2) is 30.5 Å². The number of para-hydroxylation sites is 1. The third-order valence-electron chi connectivity index (χ3n) is 7.22. The van der Waals surface area contributed by atoms with E-state index < -0.39 is 29.5 Å². The van der Waals surface area contributed by atoms with Crippen LogP contribution in [0.25, 0.3) is 10.9 Å². The molecule has 0 radical (unpaired) electrons. The summed E-state index contributed by atoms with van der Waals surface area (Å²) in [4.78, 5) is 42.9. The minimum absolute atomic E-state index is 0.0223. The van der Waals surface area contributed by atoms with E-state index in [0.717, 1.165) is 42.3 Å². The number of hydrogen-bond acceptors (Lipinski definition) is 6. The van der Waals surface area contributed by atoms with Crippen LogP contribution in [0.1, 0.15) is 52.0 Å². The molecule has 0 N–H and O–H groups in total. The molecule has 0 bridgehead atoms. The van der Waals surface area contributed by atoms with E-state index in [0.29, 0.717) is 19.6 Å². The van der Waals surface area contributed by atoms with Crippen LogP contribution in [-0.4, -0.2) is 77.9 Å². The van der Waals surface area contributed by atoms with Crippen molar-refractivity contribution < 1.29 is 28.6 Å². The van der Waals surface area contributed by atoms with Crippen molar-refractivity contribution in [3.8, 4) is 0 Å². The summed E-state index contributed by atoms with van der Waals surface area (Å²) in [7, 11) is 3.04. The first-order chi connectivity index (χ1) is 18.1. The molecule has 0 spiro atoms. The van der Waals surface area contributed by atoms with E-state index in [1.54, 1.807) is 27.9 Å². The zero-order chi connectivity index (χ0) is 27.4. The van der Waals surface area contributed by atoms with Gasteiger partial charge in [-0.3, -0.25) is 9.59 Å². The van der Waals surface area contributed by atoms with Crippen LogP contribution >= 0.6 is 0 Å². The monoisotopic (exact) mass is 527 g/mol. The van der Waals surface area contributed by atoms with E-state index >= 15 is 0 Å². The average molecular weight is 528 g/mol. The van der Waals surface area contributed by atoms with E-state index in [1.807, 2.05) is 17.0 Å². The number of aryl methyl sites for hydroxylation is 1. The molecule has 0 unspecified atom stereocenters. The fourth-order valence-corrected chi connectivity index (χ4v) is 5.30. The molecule has 2 amide bonds. The highest BCUT2D eigenvalue weighted by Crippen LogP contribution is 2.34. The van der Waals surface area contributed by atoms with Crippen molar-refractivity contribution in [1.29, 1.82) is 0 Å². The third-order valence-corrected chi connectivity index (χ3v) is 7.22. The number of benzene rings is 1. The summed E-state index contributed by atoms with van der Waals surface area (Å²) in [6, 6.07) is 8.44. The summed E-state index contributed by atoms with van der Waals surface area (Å²) in [5.74, 6) is -1.51. The largest absolute Gasteiger partial charge is 0.469 e. The molecule has 1 aliphatic heterocycles. The zero-order valence-electron chi connectivity index (χ0n) is 23.3. The number of aromatic nitrogens is 1. The van der Waals surface area contributed by atoms with Gasteiger partial charge in [0.05, 0.1) is 18.9 Å². The molecular formula is C29H41N3O6. The number of fused-ring (bicyclic) bond motifs is 1. The van der Waals surface area contributed by atoms with Crippen LogP contribution < -0.4 is 0 Å². The third kappa shape index (κ3) is 6.67. The van der Waals surface area contributed by atoms with Crippen molar-refractivity contribution >= 4 is 28.9 Å². The Morgan fingerprint density at radius 2 is 1.76 bits per heavy atom. The number of nitrogens with zero attached hydrogens (tertiary/aromatic N) is 3. The van der Waals surface area contributed by atoms with Crippen molar-refractivity contribution in [3.05, 3.63) is 36.0 Å². The number of rotatable bonds is 9. The molecule has 2 aromatic rings. The lowest BCUT2D eigenvalue weighted by molar-refractivity contribution is -0.150. The lowest BCUT2D eigenvalue weighted by Gasteiger charge is -2.38. The Bertz CT molecular complexity index is 1150. The molecule has 2 atom stereocenters. The molecule has 9 nitrogen and oxygen atoms in total. The van der Waals surface area contributed by atoms with Crippen molar-refractivity contribution in [2.24, 2.45) is 11.8 Å². The highest BCUT2D eigenvalue weighted by atomic mass is 16.6. The van der Waals surface area contributed by atoms with Crippen molar-refractivity contribution in [1.82, 2.24) is 14.4 Å². The Hall–Kier alpha value is -3.07. The van der Waals surface area contributed by atoms with Crippen LogP contribution in [0.5, 0.6) is 0 Å². The molecule has 208 valence electrons. The van der Waals surface area contributed by atoms with Crippen molar-refractivity contribution in [3.63, 3.8) is 0 Å². The number of carbonyl (C=O) groups is 3. The molecule has 1 aromatic heterocycles. The topological polar surface area (TPSA) is 90.3 Å². The summed E-state index contributed by atoms with van der Waals surface area (Å²) in [6.07, 6.45) is 4.81. The summed E-state index contributed by atoms with van der Waals surface area (Å²) >= 11 is 0. The average Bonchev–Trinajstić information content (AvgIpc) is 3.68. The number of carbonyl (C=O) groups excluding carboxylic acids is 3. The lowest BCUT2D eigenvalue weighted by Crippen LogP contribution is -2.52. The van der Waals surface area contributed by atoms with Crippen molar-refractivity contribution in [2.45, 2.75) is 71.2 Å². The molecule has 2 fully saturated rings. The number of ether oxygens (including phenoxy) is 3. The molecule has 4 rings (SSSR count). The number of hydrogen-bond donors (Lipinski definition) is 0. The highest BCUT2D eigenvalue weighted by molar-refractivity contribution is 5.86. The molecule has 1 saturated heterocycles. The van der Waals surface area contributed by atoms with Gasteiger partial charge in [-0.15, -0.1) is 0 Å². The van der Waals surface area contributed by atoms with Gasteiger partial charge < -0.3 is 28.6 Å². The SMILES string of the molecule is COCCCn1cc(CN(C(=O)[C@H]2C[C@@H](C(=O)OC)CN(C(=O)OC(C)(C)C)C2)C2CC2)c2ccccc21. The normalized spacial score (nSPS) is 19.9. The van der Waals surface area contributed by atoms with Gasteiger partial charge in [0.15, 0.2) is 0 Å². The molecule has 2 aliphatic rings. The molecule has 2 heterocycles. The summed E-state index contributed by atoms with van der Waals surface area (Å²) in [5, 5.41) is 1.13. The maximum absolute atomic E-state index is 14.0. The van der Waals surface area contributed by atoms with E-state index in [1.165, 1.54) is 12.0 Å². The first-order valence-corrected chi connectivity index (χ1v) is 13.5. The predicted octanol–water partition coefficient (Wildman–Crippen LogP) is 4.22. The second kappa shape index (κ2) is 11.8. The smallest absolute Gasteiger partial charge is 0.410 e. The van der Waals surface area contributed by atoms with Gasteiger partial charge in [-0.1, -0.05) is 18.2 Å². The summed E-state index contributed by atoms with van der Waals surface area (Å²) < 4.78 is 18.0. The first-order valence-electron chi connectivity index (χ1n) is 13.5. The molecule has 1 aromatic carbocycles. The second-order valence-electron chi connectivity index (χ2n) is 11.4. The van der Waals surface area contributed by atoms with E-state index in [9.17, 15) is 14.4 Å². The van der Waals surface area contributed by atoms with Crippen molar-refractivity contribution in [2.75, 3.05) is 33.9 Å². The Balaban J connectivity index is 1.57. The number of likely N-dealkylation sites (tertiary alicyclic amines) is 1. The van der Waals surface area contributed by atoms with E-state index in [4.69, 9.17) is 14.2 Å². The van der Waals surface area contributed by atoms with Crippen LogP contribution in [0.2, 0.25) is 0 Å². The standard InChI is InChI=1S/C29H41N3O6/c1-29(2,3)38-28(35)31-16-20(15-21(17-31)27(34)37-5)26(33)32(23-11-12-23)19-22-18-30(13-8-14-36-4)25-10-7-6-9-24(22)25/h6-7,9-10,18,20-21,23H,8,11-17,19H2,1-5H3/t20-,21+/m0/s1. The van der Waals surface area contributed by atoms with Gasteiger partial charge >= 0.3 is 12.1 Å². The van der Waals surface area contributed by atoms with Crippen LogP contribution in [0.3, 0.4) is 0 Å². The number of esters is 1. The van der Waals surface area contributed by atoms with Gasteiger partial charge in [0, 0.05) is 63.0 Å². The Kier molecular flexibility index (Phi) is 8.65. The second-order valence-corrected chi connectivity index (χ2v) is 11.4. The molecule has 1 aliphatic carbocycles. The molecule has 1 saturated carbocycles. The maximum Gasteiger partial charge on any atom is 0.410 e. The first kappa shape index (κ1) is 28.0. The zero-order valence-corrected chi connectivity index (χ0v) is 23.3. The van der Waals surface area contributed by atoms with Gasteiger partial charge in [-0.05, 0) is 58.1 Å². The minimum Gasteiger partial charge on any atom is -0.469 e. The van der Waals surface area contributed by atoms with Gasteiger partial charge in [0.25, 0.3) is 0 Å². The summed E-state index contributed by atoms with van der Waals surface area (Å²) in [5.41, 5.74) is 1.57. The Morgan fingerprint density at radius 3 is 2.42 bits per heavy atom. The molecule has 38 heavy (non-hydrogen) atoms. The minimum atomic E-state index is -0.674. The summed E-state index contributed by atoms with van der Waals surface area (Å²) in [6.45, 7) is 7.83. The highest BCUT2D eigenvalue weighted by Gasteiger charge is 2.43. The predicted molar refractivity (Wildman–Crippen MR) is 143 cm³/mol. The van der Waals surface area contributed by atoms with E-state index in [-0.39, 0.29) is 25.0 Å². The number of piperidine rings is 1. The quantitative estimate of drug-likeness (QED) is 0.358. The number of methoxy groups -OCH3 is 2. The fraction of sp³-hybridized carbons (Fsp3) is 0.621. The fourth-order valence-electron chi connectivity index (χ4n) is 5.30. The molecular weight excluding hydrogens is 486 g/mol. The van der Waals surface area contributed by atoms with Crippen LogP contribution in [-0.2, 0) is 36.9 Å². The molecule has 9 heteroatoms. The van der Waals surface area contributed by atoms with E-state index in [2.05, 4.69) is 22.9 Å². The van der Waals surface area contributed by atoms with Gasteiger partial charge in [0.1, 0.15) is 5.60 Å². The Morgan fingerprint density at radius 1 is 1.05 bits per heavy atom. The van der Waals surface area contributed by atoms with Gasteiger partial charge in [-0.2, -0.15) is 0 Å². The number of amides is 2. The van der Waals surface area contributed by atoms with Crippen LogP contribution in [0.4, 0.5) is 4.79 Å². The van der Waals surface area contributed by atoms with Gasteiger partial charge in [0.2, 0.25) is 5.91 Å². The maximum atomic E-state index is 14.0. The lowest BCUT2D eigenvalue weighted by atomic mass is 9.88. The van der Waals surface area contributed by atoms with Crippen LogP contribution in [0, 0.1) is 11.8 Å².